The van der Waals surface area contributed by atoms with Crippen molar-refractivity contribution >= 4 is 11.9 Å². The van der Waals surface area contributed by atoms with Crippen LogP contribution in [0.3, 0.4) is 0 Å². The van der Waals surface area contributed by atoms with Crippen LogP contribution in [0, 0.1) is 0 Å². The molecule has 0 radical (unpaired) electrons. The molecule has 0 saturated carbocycles. The van der Waals surface area contributed by atoms with Gasteiger partial charge in [0.15, 0.2) is 0 Å². The van der Waals surface area contributed by atoms with E-state index in [1.165, 1.54) is 18.4 Å². The zero-order valence-corrected chi connectivity index (χ0v) is 14.3. The van der Waals surface area contributed by atoms with Gasteiger partial charge in [0.05, 0.1) is 0 Å². The molecule has 0 bridgehead atoms. The average molecular weight is 326 g/mol. The number of aryl methyl sites for hydroxylation is 1. The van der Waals surface area contributed by atoms with Crippen LogP contribution in [0.4, 0.5) is 5.95 Å². The van der Waals surface area contributed by atoms with E-state index in [1.807, 2.05) is 18.2 Å². The number of nitrogens with zero attached hydrogens (tertiary/aromatic N) is 2. The van der Waals surface area contributed by atoms with Gasteiger partial charge in [0.2, 0.25) is 5.95 Å². The van der Waals surface area contributed by atoms with Crippen LogP contribution < -0.4 is 10.6 Å². The van der Waals surface area contributed by atoms with Gasteiger partial charge >= 0.3 is 0 Å². The Morgan fingerprint density at radius 2 is 1.88 bits per heavy atom. The highest BCUT2D eigenvalue weighted by atomic mass is 16.1. The number of unbranched alkanes of at least 4 members (excludes halogenated alkanes) is 2. The highest BCUT2D eigenvalue weighted by Gasteiger charge is 2.08. The van der Waals surface area contributed by atoms with Crippen LogP contribution in [-0.4, -0.2) is 29.0 Å². The monoisotopic (exact) mass is 326 g/mol. The van der Waals surface area contributed by atoms with Gasteiger partial charge in [0, 0.05) is 19.3 Å². The summed E-state index contributed by atoms with van der Waals surface area (Å²) in [4.78, 5) is 20.6. The van der Waals surface area contributed by atoms with E-state index in [0.29, 0.717) is 18.2 Å². The van der Waals surface area contributed by atoms with E-state index in [1.54, 1.807) is 12.3 Å². The van der Waals surface area contributed by atoms with Crippen molar-refractivity contribution in [2.45, 2.75) is 39.0 Å². The van der Waals surface area contributed by atoms with E-state index in [0.717, 1.165) is 25.8 Å². The molecule has 0 saturated heterocycles. The number of anilines is 1. The molecule has 1 aromatic heterocycles. The minimum absolute atomic E-state index is 0.151. The summed E-state index contributed by atoms with van der Waals surface area (Å²) in [5.74, 6) is 0.366. The lowest BCUT2D eigenvalue weighted by Crippen LogP contribution is -2.26. The molecular formula is C19H26N4O. The molecule has 0 spiro atoms. The van der Waals surface area contributed by atoms with Gasteiger partial charge in [-0.05, 0) is 30.9 Å². The zero-order chi connectivity index (χ0) is 17.0. The van der Waals surface area contributed by atoms with Gasteiger partial charge < -0.3 is 10.6 Å². The second-order valence-corrected chi connectivity index (χ2v) is 5.74. The highest BCUT2D eigenvalue weighted by Crippen LogP contribution is 2.04. The topological polar surface area (TPSA) is 66.9 Å². The van der Waals surface area contributed by atoms with Crippen LogP contribution in [0.5, 0.6) is 0 Å². The molecule has 2 rings (SSSR count). The Hall–Kier alpha value is -2.43. The Bertz CT molecular complexity index is 616. The van der Waals surface area contributed by atoms with Crippen molar-refractivity contribution < 1.29 is 4.79 Å². The first-order valence-corrected chi connectivity index (χ1v) is 8.68. The fourth-order valence-electron chi connectivity index (χ4n) is 2.38. The molecule has 5 nitrogen and oxygen atoms in total. The van der Waals surface area contributed by atoms with Crippen LogP contribution in [0.15, 0.2) is 42.6 Å². The summed E-state index contributed by atoms with van der Waals surface area (Å²) in [5.41, 5.74) is 1.69. The second-order valence-electron chi connectivity index (χ2n) is 5.74. The number of amides is 1. The van der Waals surface area contributed by atoms with Crippen molar-refractivity contribution in [1.82, 2.24) is 15.3 Å². The number of benzene rings is 1. The molecule has 2 N–H and O–H groups in total. The fourth-order valence-corrected chi connectivity index (χ4v) is 2.38. The van der Waals surface area contributed by atoms with Crippen molar-refractivity contribution in [3.63, 3.8) is 0 Å². The molecule has 2 aromatic rings. The molecule has 24 heavy (non-hydrogen) atoms. The van der Waals surface area contributed by atoms with Crippen molar-refractivity contribution in [3.8, 4) is 0 Å². The number of carbonyl (C=O) groups is 1. The Labute approximate surface area is 143 Å². The number of hydrogen-bond acceptors (Lipinski definition) is 4. The third-order valence-electron chi connectivity index (χ3n) is 3.72. The predicted molar refractivity (Wildman–Crippen MR) is 97.1 cm³/mol. The van der Waals surface area contributed by atoms with Crippen molar-refractivity contribution in [3.05, 3.63) is 53.9 Å². The molecule has 128 valence electrons. The van der Waals surface area contributed by atoms with Crippen LogP contribution in [0.2, 0.25) is 0 Å². The Morgan fingerprint density at radius 3 is 2.67 bits per heavy atom. The van der Waals surface area contributed by atoms with Gasteiger partial charge in [-0.25, -0.2) is 9.97 Å². The summed E-state index contributed by atoms with van der Waals surface area (Å²) < 4.78 is 0. The quantitative estimate of drug-likeness (QED) is 0.656. The first-order chi connectivity index (χ1) is 11.8. The molecule has 0 aliphatic heterocycles. The maximum absolute atomic E-state index is 12.2. The van der Waals surface area contributed by atoms with Gasteiger partial charge in [-0.2, -0.15) is 0 Å². The average Bonchev–Trinajstić information content (AvgIpc) is 2.63. The Morgan fingerprint density at radius 1 is 1.04 bits per heavy atom. The van der Waals surface area contributed by atoms with E-state index in [9.17, 15) is 4.79 Å². The molecule has 0 atom stereocenters. The predicted octanol–water partition coefficient (Wildman–Crippen LogP) is 3.44. The molecule has 0 aliphatic carbocycles. The SMILES string of the molecule is CCCCCNc1nccc(C(=O)NCCCc2ccccc2)n1. The first kappa shape index (κ1) is 17.9. The summed E-state index contributed by atoms with van der Waals surface area (Å²) >= 11 is 0. The lowest BCUT2D eigenvalue weighted by Gasteiger charge is -2.07. The lowest BCUT2D eigenvalue weighted by atomic mass is 10.1. The van der Waals surface area contributed by atoms with Crippen LogP contribution in [0.25, 0.3) is 0 Å². The van der Waals surface area contributed by atoms with Crippen molar-refractivity contribution in [2.75, 3.05) is 18.4 Å². The molecule has 0 unspecified atom stereocenters. The minimum atomic E-state index is -0.151. The largest absolute Gasteiger partial charge is 0.354 e. The molecule has 0 aliphatic rings. The summed E-state index contributed by atoms with van der Waals surface area (Å²) in [5, 5.41) is 6.08. The smallest absolute Gasteiger partial charge is 0.270 e. The van der Waals surface area contributed by atoms with Gasteiger partial charge in [-0.1, -0.05) is 50.1 Å². The third kappa shape index (κ3) is 6.36. The first-order valence-electron chi connectivity index (χ1n) is 8.68. The molecule has 1 amide bonds. The van der Waals surface area contributed by atoms with E-state index in [-0.39, 0.29) is 5.91 Å². The number of hydrogen-bond donors (Lipinski definition) is 2. The normalized spacial score (nSPS) is 10.4. The number of rotatable bonds is 10. The van der Waals surface area contributed by atoms with Gasteiger partial charge in [0.1, 0.15) is 5.69 Å². The van der Waals surface area contributed by atoms with E-state index in [2.05, 4.69) is 39.7 Å². The lowest BCUT2D eigenvalue weighted by molar-refractivity contribution is 0.0948. The van der Waals surface area contributed by atoms with E-state index < -0.39 is 0 Å². The summed E-state index contributed by atoms with van der Waals surface area (Å²) in [6, 6.07) is 11.9. The van der Waals surface area contributed by atoms with Gasteiger partial charge in [-0.3, -0.25) is 4.79 Å². The van der Waals surface area contributed by atoms with Gasteiger partial charge in [-0.15, -0.1) is 0 Å². The zero-order valence-electron chi connectivity index (χ0n) is 14.3. The summed E-state index contributed by atoms with van der Waals surface area (Å²) in [7, 11) is 0. The second kappa shape index (κ2) is 10.4. The molecular weight excluding hydrogens is 300 g/mol. The highest BCUT2D eigenvalue weighted by molar-refractivity contribution is 5.92. The van der Waals surface area contributed by atoms with Crippen LogP contribution in [0.1, 0.15) is 48.7 Å². The summed E-state index contributed by atoms with van der Waals surface area (Å²) in [6.07, 6.45) is 6.91. The van der Waals surface area contributed by atoms with Crippen LogP contribution in [-0.2, 0) is 6.42 Å². The third-order valence-corrected chi connectivity index (χ3v) is 3.72. The summed E-state index contributed by atoms with van der Waals surface area (Å²) in [6.45, 7) is 3.63. The van der Waals surface area contributed by atoms with Gasteiger partial charge in [0.25, 0.3) is 5.91 Å². The van der Waals surface area contributed by atoms with E-state index in [4.69, 9.17) is 0 Å². The number of carbonyl (C=O) groups excluding carboxylic acids is 1. The Balaban J connectivity index is 1.73. The van der Waals surface area contributed by atoms with E-state index >= 15 is 0 Å². The standard InChI is InChI=1S/C19H26N4O/c1-2-3-7-13-21-19-22-15-12-17(23-19)18(24)20-14-8-11-16-9-5-4-6-10-16/h4-6,9-10,12,15H,2-3,7-8,11,13-14H2,1H3,(H,20,24)(H,21,22,23). The minimum Gasteiger partial charge on any atom is -0.354 e. The number of nitrogens with one attached hydrogen (secondary N) is 2. The fraction of sp³-hybridized carbons (Fsp3) is 0.421. The number of aromatic nitrogens is 2. The molecule has 5 heteroatoms. The maximum atomic E-state index is 12.2. The van der Waals surface area contributed by atoms with Crippen molar-refractivity contribution in [2.24, 2.45) is 0 Å². The molecule has 1 heterocycles. The Kier molecular flexibility index (Phi) is 7.74. The molecule has 0 fully saturated rings. The maximum Gasteiger partial charge on any atom is 0.270 e. The molecule has 1 aromatic carbocycles. The van der Waals surface area contributed by atoms with Crippen molar-refractivity contribution in [1.29, 1.82) is 0 Å². The van der Waals surface area contributed by atoms with Crippen LogP contribution >= 0.6 is 0 Å².